The molecule has 2 heterocycles. The molecule has 9 heteroatoms. The predicted molar refractivity (Wildman–Crippen MR) is 114 cm³/mol. The molecule has 0 aliphatic rings. The fraction of sp³-hybridized carbons (Fsp3) is 0.0476. The third-order valence-corrected chi connectivity index (χ3v) is 4.45. The molecule has 0 bridgehead atoms. The molecule has 0 aliphatic carbocycles. The molecule has 150 valence electrons. The van der Waals surface area contributed by atoms with Gasteiger partial charge in [-0.05, 0) is 48.0 Å². The summed E-state index contributed by atoms with van der Waals surface area (Å²) in [7, 11) is 0. The second-order valence-electron chi connectivity index (χ2n) is 6.30. The first kappa shape index (κ1) is 19.4. The number of halogens is 1. The van der Waals surface area contributed by atoms with Crippen molar-refractivity contribution in [2.45, 2.75) is 6.61 Å². The number of carbonyl (C=O) groups is 1. The third-order valence-electron chi connectivity index (χ3n) is 4.20. The molecule has 0 aliphatic heterocycles. The van der Waals surface area contributed by atoms with E-state index in [4.69, 9.17) is 21.4 Å². The maximum atomic E-state index is 10.8. The molecule has 2 aromatic carbocycles. The van der Waals surface area contributed by atoms with Crippen LogP contribution in [0.25, 0.3) is 10.8 Å². The maximum Gasteiger partial charge on any atom is 0.410 e. The lowest BCUT2D eigenvalue weighted by atomic mass is 10.2. The average molecular weight is 422 g/mol. The number of benzene rings is 2. The van der Waals surface area contributed by atoms with E-state index in [-0.39, 0.29) is 12.4 Å². The molecule has 0 unspecified atom stereocenters. The van der Waals surface area contributed by atoms with E-state index in [1.54, 1.807) is 24.3 Å². The van der Waals surface area contributed by atoms with Crippen molar-refractivity contribution in [3.63, 3.8) is 0 Å². The number of nitrogens with zero attached hydrogens (tertiary/aromatic N) is 3. The van der Waals surface area contributed by atoms with Crippen LogP contribution in [0.5, 0.6) is 5.88 Å². The van der Waals surface area contributed by atoms with Gasteiger partial charge in [0, 0.05) is 27.7 Å². The van der Waals surface area contributed by atoms with Gasteiger partial charge in [0.15, 0.2) is 5.82 Å². The first-order valence-corrected chi connectivity index (χ1v) is 9.32. The molecule has 4 aromatic rings. The summed E-state index contributed by atoms with van der Waals surface area (Å²) in [5.41, 5.74) is 1.57. The van der Waals surface area contributed by atoms with E-state index in [0.29, 0.717) is 16.7 Å². The van der Waals surface area contributed by atoms with Crippen molar-refractivity contribution >= 4 is 45.8 Å². The van der Waals surface area contributed by atoms with E-state index < -0.39 is 6.09 Å². The first-order chi connectivity index (χ1) is 14.6. The predicted octanol–water partition coefficient (Wildman–Crippen LogP) is 5.09. The van der Waals surface area contributed by atoms with E-state index >= 15 is 0 Å². The molecule has 0 spiro atoms. The molecule has 8 nitrogen and oxygen atoms in total. The summed E-state index contributed by atoms with van der Waals surface area (Å²) in [4.78, 5) is 14.7. The van der Waals surface area contributed by atoms with Crippen LogP contribution in [0.15, 0.2) is 66.9 Å². The van der Waals surface area contributed by atoms with Gasteiger partial charge in [0.25, 0.3) is 0 Å². The molecule has 0 fully saturated rings. The van der Waals surface area contributed by atoms with Crippen molar-refractivity contribution in [1.29, 1.82) is 0 Å². The van der Waals surface area contributed by atoms with Gasteiger partial charge in [-0.2, -0.15) is 0 Å². The van der Waals surface area contributed by atoms with E-state index in [1.165, 1.54) is 6.20 Å². The van der Waals surface area contributed by atoms with Gasteiger partial charge >= 0.3 is 6.09 Å². The molecule has 0 saturated carbocycles. The highest BCUT2D eigenvalue weighted by Crippen LogP contribution is 2.30. The Kier molecular flexibility index (Phi) is 5.58. The summed E-state index contributed by atoms with van der Waals surface area (Å²) in [6, 6.07) is 18.3. The van der Waals surface area contributed by atoms with Gasteiger partial charge in [-0.15, -0.1) is 10.2 Å². The second kappa shape index (κ2) is 8.62. The highest BCUT2D eigenvalue weighted by Gasteiger charge is 2.11. The van der Waals surface area contributed by atoms with Gasteiger partial charge in [0.05, 0.1) is 0 Å². The van der Waals surface area contributed by atoms with Crippen LogP contribution in [0.2, 0.25) is 5.02 Å². The molecule has 0 radical (unpaired) electrons. The molecule has 0 saturated heterocycles. The van der Waals surface area contributed by atoms with Gasteiger partial charge in [0.2, 0.25) is 5.88 Å². The minimum absolute atomic E-state index is 0.180. The molecular weight excluding hydrogens is 406 g/mol. The van der Waals surface area contributed by atoms with Crippen molar-refractivity contribution in [2.75, 3.05) is 10.6 Å². The number of amides is 1. The molecule has 0 atom stereocenters. The molecule has 30 heavy (non-hydrogen) atoms. The second-order valence-corrected chi connectivity index (χ2v) is 6.74. The van der Waals surface area contributed by atoms with E-state index in [2.05, 4.69) is 25.8 Å². The first-order valence-electron chi connectivity index (χ1n) is 8.94. The zero-order valence-corrected chi connectivity index (χ0v) is 16.3. The van der Waals surface area contributed by atoms with Crippen molar-refractivity contribution in [3.8, 4) is 5.88 Å². The van der Waals surface area contributed by atoms with E-state index in [9.17, 15) is 4.79 Å². The summed E-state index contributed by atoms with van der Waals surface area (Å²) in [6.07, 6.45) is 0.327. The smallest absolute Gasteiger partial charge is 0.410 e. The Morgan fingerprint density at radius 3 is 2.57 bits per heavy atom. The van der Waals surface area contributed by atoms with E-state index in [1.807, 2.05) is 36.4 Å². The standard InChI is InChI=1S/C21H16ClN5O3/c22-14-5-7-15(8-6-14)24-19-16-3-1-2-4-17(16)20(27-26-19)30-12-13-9-10-23-18(11-13)25-21(28)29/h1-11H,12H2,(H,23,25)(H,24,26)(H,28,29). The number of nitrogens with one attached hydrogen (secondary N) is 2. The van der Waals surface area contributed by atoms with E-state index in [0.717, 1.165) is 22.0 Å². The fourth-order valence-electron chi connectivity index (χ4n) is 2.84. The number of carboxylic acid groups (broad SMARTS) is 1. The monoisotopic (exact) mass is 421 g/mol. The Hall–Kier alpha value is -3.91. The normalized spacial score (nSPS) is 10.6. The summed E-state index contributed by atoms with van der Waals surface area (Å²) >= 11 is 5.94. The van der Waals surface area contributed by atoms with Crippen molar-refractivity contribution in [3.05, 3.63) is 77.4 Å². The Morgan fingerprint density at radius 2 is 1.80 bits per heavy atom. The van der Waals surface area contributed by atoms with Crippen molar-refractivity contribution < 1.29 is 14.6 Å². The van der Waals surface area contributed by atoms with Gasteiger partial charge in [-0.3, -0.25) is 5.32 Å². The number of pyridine rings is 1. The fourth-order valence-corrected chi connectivity index (χ4v) is 2.97. The Labute approximate surface area is 176 Å². The number of fused-ring (bicyclic) bond motifs is 1. The summed E-state index contributed by atoms with van der Waals surface area (Å²) in [6.45, 7) is 0.180. The number of ether oxygens (including phenoxy) is 1. The van der Waals surface area contributed by atoms with Crippen molar-refractivity contribution in [1.82, 2.24) is 15.2 Å². The van der Waals surface area contributed by atoms with Crippen LogP contribution >= 0.6 is 11.6 Å². The lowest BCUT2D eigenvalue weighted by molar-refractivity contribution is 0.209. The topological polar surface area (TPSA) is 109 Å². The number of aromatic nitrogens is 3. The van der Waals surface area contributed by atoms with Gasteiger partial charge < -0.3 is 15.2 Å². The Bertz CT molecular complexity index is 1200. The molecular formula is C21H16ClN5O3. The minimum Gasteiger partial charge on any atom is -0.471 e. The SMILES string of the molecule is O=C(O)Nc1cc(COc2nnc(Nc3ccc(Cl)cc3)c3ccccc23)ccn1. The van der Waals surface area contributed by atoms with Crippen LogP contribution < -0.4 is 15.4 Å². The molecule has 4 rings (SSSR count). The zero-order chi connectivity index (χ0) is 20.9. The van der Waals surface area contributed by atoms with Crippen LogP contribution in [-0.2, 0) is 6.61 Å². The van der Waals surface area contributed by atoms with Gasteiger partial charge in [-0.25, -0.2) is 9.78 Å². The molecule has 1 amide bonds. The summed E-state index contributed by atoms with van der Waals surface area (Å²) < 4.78 is 5.86. The third kappa shape index (κ3) is 4.56. The van der Waals surface area contributed by atoms with Crippen LogP contribution in [0.4, 0.5) is 22.1 Å². The number of hydrogen-bond donors (Lipinski definition) is 3. The van der Waals surface area contributed by atoms with Crippen LogP contribution in [0, 0.1) is 0 Å². The number of hydrogen-bond acceptors (Lipinski definition) is 6. The number of rotatable bonds is 6. The quantitative estimate of drug-likeness (QED) is 0.397. The Morgan fingerprint density at radius 1 is 1.03 bits per heavy atom. The van der Waals surface area contributed by atoms with Crippen molar-refractivity contribution in [2.24, 2.45) is 0 Å². The highest BCUT2D eigenvalue weighted by atomic mass is 35.5. The average Bonchev–Trinajstić information content (AvgIpc) is 2.74. The lowest BCUT2D eigenvalue weighted by Gasteiger charge is -2.12. The molecule has 3 N–H and O–H groups in total. The van der Waals surface area contributed by atoms with Gasteiger partial charge in [-0.1, -0.05) is 29.8 Å². The largest absolute Gasteiger partial charge is 0.471 e. The number of anilines is 3. The summed E-state index contributed by atoms with van der Waals surface area (Å²) in [5.74, 6) is 1.19. The summed E-state index contributed by atoms with van der Waals surface area (Å²) in [5, 5.41) is 25.1. The Balaban J connectivity index is 1.57. The highest BCUT2D eigenvalue weighted by molar-refractivity contribution is 6.30. The minimum atomic E-state index is -1.18. The van der Waals surface area contributed by atoms with Gasteiger partial charge in [0.1, 0.15) is 12.4 Å². The van der Waals surface area contributed by atoms with Crippen LogP contribution in [-0.4, -0.2) is 26.4 Å². The maximum absolute atomic E-state index is 10.8. The van der Waals surface area contributed by atoms with Crippen LogP contribution in [0.3, 0.4) is 0 Å². The molecule has 2 aromatic heterocycles. The zero-order valence-electron chi connectivity index (χ0n) is 15.5. The van der Waals surface area contributed by atoms with Crippen LogP contribution in [0.1, 0.15) is 5.56 Å². The lowest BCUT2D eigenvalue weighted by Crippen LogP contribution is -2.09.